The number of nitrogens with one attached hydrogen (secondary N) is 1. The second kappa shape index (κ2) is 11.0. The number of hydrazone groups is 1. The normalized spacial score (nSPS) is 17.1. The number of benzene rings is 1. The van der Waals surface area contributed by atoms with Crippen molar-refractivity contribution in [3.8, 4) is 5.75 Å². The van der Waals surface area contributed by atoms with Gasteiger partial charge in [-0.05, 0) is 37.3 Å². The van der Waals surface area contributed by atoms with E-state index in [0.717, 1.165) is 12.0 Å². The van der Waals surface area contributed by atoms with Crippen LogP contribution in [0.25, 0.3) is 0 Å². The van der Waals surface area contributed by atoms with E-state index < -0.39 is 28.3 Å². The predicted molar refractivity (Wildman–Crippen MR) is 124 cm³/mol. The second-order valence-electron chi connectivity index (χ2n) is 8.87. The number of amides is 3. The van der Waals surface area contributed by atoms with Crippen molar-refractivity contribution in [2.45, 2.75) is 70.0 Å². The van der Waals surface area contributed by atoms with E-state index in [2.05, 4.69) is 23.2 Å². The van der Waals surface area contributed by atoms with Gasteiger partial charge in [-0.1, -0.05) is 13.8 Å². The molecule has 34 heavy (non-hydrogen) atoms. The fourth-order valence-electron chi connectivity index (χ4n) is 3.70. The van der Waals surface area contributed by atoms with E-state index in [1.165, 1.54) is 6.07 Å². The fourth-order valence-corrected chi connectivity index (χ4v) is 3.84. The number of rotatable bonds is 9. The number of hydrogen-bond acceptors (Lipinski definition) is 8. The van der Waals surface area contributed by atoms with Gasteiger partial charge in [-0.2, -0.15) is 17.7 Å². The van der Waals surface area contributed by atoms with E-state index in [-0.39, 0.29) is 44.6 Å². The minimum Gasteiger partial charge on any atom is -0.493 e. The van der Waals surface area contributed by atoms with Gasteiger partial charge in [-0.3, -0.25) is 14.4 Å². The summed E-state index contributed by atoms with van der Waals surface area (Å²) < 4.78 is 20.0. The van der Waals surface area contributed by atoms with Gasteiger partial charge in [-0.25, -0.2) is 14.6 Å². The zero-order valence-corrected chi connectivity index (χ0v) is 20.1. The Morgan fingerprint density at radius 2 is 1.88 bits per heavy atom. The van der Waals surface area contributed by atoms with E-state index in [4.69, 9.17) is 9.57 Å². The zero-order valence-electron chi connectivity index (χ0n) is 19.2. The average molecular weight is 494 g/mol. The van der Waals surface area contributed by atoms with Crippen LogP contribution in [0, 0.1) is 5.82 Å². The summed E-state index contributed by atoms with van der Waals surface area (Å²) in [5, 5.41) is 4.65. The quantitative estimate of drug-likeness (QED) is 0.237. The first-order chi connectivity index (χ1) is 16.0. The molecule has 1 heterocycles. The van der Waals surface area contributed by atoms with Crippen LogP contribution in [0.1, 0.15) is 69.9 Å². The molecule has 1 aromatic rings. The number of carbonyl (C=O) groups excluding carboxylic acids is 4. The number of hydroxylamine groups is 2. The van der Waals surface area contributed by atoms with E-state index in [9.17, 15) is 23.6 Å². The van der Waals surface area contributed by atoms with Crippen LogP contribution in [0.2, 0.25) is 0 Å². The molecule has 184 valence electrons. The molecular weight excluding hydrogens is 465 g/mol. The van der Waals surface area contributed by atoms with Gasteiger partial charge in [0.2, 0.25) is 5.91 Å². The van der Waals surface area contributed by atoms with Gasteiger partial charge in [0.05, 0.1) is 18.7 Å². The summed E-state index contributed by atoms with van der Waals surface area (Å²) in [4.78, 5) is 51.6. The molecule has 0 unspecified atom stereocenters. The Balaban J connectivity index is 1.54. The molecule has 2 aliphatic rings. The lowest BCUT2D eigenvalue weighted by molar-refractivity contribution is -0.197. The first kappa shape index (κ1) is 25.7. The van der Waals surface area contributed by atoms with Gasteiger partial charge in [0.15, 0.2) is 0 Å². The Kier molecular flexibility index (Phi) is 8.29. The van der Waals surface area contributed by atoms with Crippen LogP contribution in [0.15, 0.2) is 17.2 Å². The summed E-state index contributed by atoms with van der Waals surface area (Å²) in [6.45, 7) is 3.75. The molecule has 0 radical (unpaired) electrons. The second-order valence-corrected chi connectivity index (χ2v) is 10.1. The van der Waals surface area contributed by atoms with Crippen molar-refractivity contribution >= 4 is 42.0 Å². The zero-order chi connectivity index (χ0) is 24.9. The summed E-state index contributed by atoms with van der Waals surface area (Å²) in [7, 11) is 0. The largest absolute Gasteiger partial charge is 0.493 e. The maximum absolute atomic E-state index is 14.9. The van der Waals surface area contributed by atoms with Gasteiger partial charge >= 0.3 is 5.97 Å². The molecule has 1 N–H and O–H groups in total. The minimum absolute atomic E-state index is 0.0335. The molecule has 1 aromatic carbocycles. The van der Waals surface area contributed by atoms with Crippen molar-refractivity contribution in [3.63, 3.8) is 0 Å². The van der Waals surface area contributed by atoms with Crippen molar-refractivity contribution in [1.82, 2.24) is 10.5 Å². The number of halogens is 1. The first-order valence-electron chi connectivity index (χ1n) is 11.1. The number of aryl methyl sites for hydroxylation is 1. The first-order valence-corrected chi connectivity index (χ1v) is 11.6. The number of fused-ring (bicyclic) bond motifs is 1. The summed E-state index contributed by atoms with van der Waals surface area (Å²) in [5.41, 5.74) is 4.06. The third-order valence-electron chi connectivity index (χ3n) is 5.20. The molecule has 0 atom stereocenters. The van der Waals surface area contributed by atoms with Crippen LogP contribution in [0.5, 0.6) is 5.75 Å². The van der Waals surface area contributed by atoms with Gasteiger partial charge in [-0.15, -0.1) is 5.06 Å². The van der Waals surface area contributed by atoms with Crippen LogP contribution < -0.4 is 10.2 Å². The van der Waals surface area contributed by atoms with Gasteiger partial charge in [0, 0.05) is 35.6 Å². The lowest BCUT2D eigenvalue weighted by atomic mass is 9.89. The number of nitrogens with zero attached hydrogens (tertiary/aromatic N) is 2. The van der Waals surface area contributed by atoms with Gasteiger partial charge < -0.3 is 9.57 Å². The van der Waals surface area contributed by atoms with Gasteiger partial charge in [0.25, 0.3) is 11.8 Å². The minimum atomic E-state index is -0.715. The number of hydrogen-bond donors (Lipinski definition) is 2. The lowest BCUT2D eigenvalue weighted by Gasteiger charge is -2.20. The lowest BCUT2D eigenvalue weighted by Crippen LogP contribution is -2.32. The van der Waals surface area contributed by atoms with Crippen LogP contribution >= 0.6 is 12.6 Å². The number of imide groups is 1. The number of ether oxygens (including phenoxy) is 1. The molecule has 0 bridgehead atoms. The highest BCUT2D eigenvalue weighted by Crippen LogP contribution is 2.29. The monoisotopic (exact) mass is 493 g/mol. The predicted octanol–water partition coefficient (Wildman–Crippen LogP) is 2.85. The highest BCUT2D eigenvalue weighted by Gasteiger charge is 2.32. The molecule has 3 rings (SSSR count). The third-order valence-corrected chi connectivity index (χ3v) is 5.35. The van der Waals surface area contributed by atoms with Crippen molar-refractivity contribution in [2.24, 2.45) is 5.10 Å². The third kappa shape index (κ3) is 7.02. The molecule has 1 aliphatic carbocycles. The molecule has 3 amide bonds. The Bertz CT molecular complexity index is 1000. The topological polar surface area (TPSA) is 114 Å². The molecule has 0 spiro atoms. The Morgan fingerprint density at radius 3 is 2.56 bits per heavy atom. The Labute approximate surface area is 202 Å². The molecular formula is C23H28FN3O6S. The highest BCUT2D eigenvalue weighted by molar-refractivity contribution is 7.81. The summed E-state index contributed by atoms with van der Waals surface area (Å²) >= 11 is 4.33. The van der Waals surface area contributed by atoms with Crippen molar-refractivity contribution in [3.05, 3.63) is 29.1 Å². The van der Waals surface area contributed by atoms with Gasteiger partial charge in [0.1, 0.15) is 11.6 Å². The molecule has 0 saturated carbocycles. The average Bonchev–Trinajstić information content (AvgIpc) is 3.06. The standard InChI is InChI=1S/C23H28FN3O6S/c1-23(2,34)13-18(28)26-25-17-6-3-5-14-11-15(12-16(24)22(14)17)32-10-4-7-21(31)33-27-19(29)8-9-20(27)30/h11-12,34H,3-10,13H2,1-2H3,(H,26,28)/b25-17+. The maximum Gasteiger partial charge on any atom is 0.333 e. The molecule has 9 nitrogen and oxygen atoms in total. The smallest absolute Gasteiger partial charge is 0.333 e. The number of carbonyl (C=O) groups is 4. The highest BCUT2D eigenvalue weighted by atomic mass is 32.1. The van der Waals surface area contributed by atoms with Crippen LogP contribution in [0.3, 0.4) is 0 Å². The molecule has 1 aliphatic heterocycles. The molecule has 11 heteroatoms. The molecule has 0 aromatic heterocycles. The van der Waals surface area contributed by atoms with E-state index >= 15 is 0 Å². The summed E-state index contributed by atoms with van der Waals surface area (Å²) in [6.07, 6.45) is 2.37. The summed E-state index contributed by atoms with van der Waals surface area (Å²) in [5.74, 6) is -2.26. The van der Waals surface area contributed by atoms with Crippen LogP contribution in [-0.4, -0.2) is 45.8 Å². The molecule has 1 saturated heterocycles. The van der Waals surface area contributed by atoms with E-state index in [0.29, 0.717) is 34.9 Å². The Morgan fingerprint density at radius 1 is 1.18 bits per heavy atom. The van der Waals surface area contributed by atoms with Crippen molar-refractivity contribution in [2.75, 3.05) is 6.61 Å². The maximum atomic E-state index is 14.9. The van der Waals surface area contributed by atoms with Crippen molar-refractivity contribution < 1.29 is 33.1 Å². The van der Waals surface area contributed by atoms with E-state index in [1.54, 1.807) is 6.07 Å². The van der Waals surface area contributed by atoms with Crippen molar-refractivity contribution in [1.29, 1.82) is 0 Å². The van der Waals surface area contributed by atoms with Crippen LogP contribution in [-0.2, 0) is 30.4 Å². The molecule has 1 fully saturated rings. The Hall–Kier alpha value is -2.95. The summed E-state index contributed by atoms with van der Waals surface area (Å²) in [6, 6.07) is 2.98. The van der Waals surface area contributed by atoms with E-state index in [1.807, 2.05) is 13.8 Å². The fraction of sp³-hybridized carbons (Fsp3) is 0.522. The SMILES string of the molecule is CC(C)(S)CC(=O)N/N=C1\CCCc2cc(OCCCC(=O)ON3C(=O)CCC3=O)cc(F)c21. The number of thiol groups is 1. The van der Waals surface area contributed by atoms with Crippen LogP contribution in [0.4, 0.5) is 4.39 Å².